The molecule has 2 saturated heterocycles. The van der Waals surface area contributed by atoms with E-state index in [1.54, 1.807) is 0 Å². The minimum absolute atomic E-state index is 0.0894. The molecule has 3 rings (SSSR count). The predicted octanol–water partition coefficient (Wildman–Crippen LogP) is 2.94. The number of piperazine rings is 1. The second-order valence-electron chi connectivity index (χ2n) is 9.18. The van der Waals surface area contributed by atoms with Crippen molar-refractivity contribution >= 4 is 17.5 Å². The zero-order chi connectivity index (χ0) is 21.5. The van der Waals surface area contributed by atoms with Crippen LogP contribution in [0.15, 0.2) is 24.3 Å². The molecule has 2 aliphatic heterocycles. The van der Waals surface area contributed by atoms with E-state index in [2.05, 4.69) is 30.7 Å². The molecular formula is C24H38N4O2. The van der Waals surface area contributed by atoms with E-state index < -0.39 is 0 Å². The highest BCUT2D eigenvalue weighted by molar-refractivity contribution is 5.94. The highest BCUT2D eigenvalue weighted by Crippen LogP contribution is 2.17. The molecule has 0 radical (unpaired) electrons. The highest BCUT2D eigenvalue weighted by Gasteiger charge is 2.25. The normalized spacial score (nSPS) is 18.4. The summed E-state index contributed by atoms with van der Waals surface area (Å²) >= 11 is 0. The summed E-state index contributed by atoms with van der Waals surface area (Å²) < 4.78 is 0. The number of carbonyl (C=O) groups excluding carboxylic acids is 2. The van der Waals surface area contributed by atoms with Crippen LogP contribution in [0.2, 0.25) is 0 Å². The number of nitrogens with zero attached hydrogens (tertiary/aromatic N) is 4. The zero-order valence-electron chi connectivity index (χ0n) is 19.0. The van der Waals surface area contributed by atoms with Gasteiger partial charge in [-0.25, -0.2) is 0 Å². The van der Waals surface area contributed by atoms with Crippen molar-refractivity contribution in [2.45, 2.75) is 39.5 Å². The van der Waals surface area contributed by atoms with E-state index in [0.29, 0.717) is 25.6 Å². The number of rotatable bonds is 6. The first kappa shape index (κ1) is 22.6. The van der Waals surface area contributed by atoms with Gasteiger partial charge in [-0.3, -0.25) is 14.5 Å². The highest BCUT2D eigenvalue weighted by atomic mass is 16.2. The Hall–Kier alpha value is -2.08. The maximum atomic E-state index is 12.9. The van der Waals surface area contributed by atoms with Crippen molar-refractivity contribution in [2.75, 3.05) is 64.3 Å². The minimum Gasteiger partial charge on any atom is -0.374 e. The summed E-state index contributed by atoms with van der Waals surface area (Å²) in [6.45, 7) is 10.6. The number of benzene rings is 1. The summed E-state index contributed by atoms with van der Waals surface area (Å²) in [6.07, 6.45) is 4.72. The third-order valence-corrected chi connectivity index (χ3v) is 6.17. The molecule has 1 aromatic rings. The van der Waals surface area contributed by atoms with Gasteiger partial charge >= 0.3 is 0 Å². The molecule has 1 aromatic carbocycles. The lowest BCUT2D eigenvalue weighted by Crippen LogP contribution is -2.51. The molecule has 2 heterocycles. The van der Waals surface area contributed by atoms with Gasteiger partial charge in [-0.2, -0.15) is 0 Å². The lowest BCUT2D eigenvalue weighted by molar-refractivity contribution is -0.132. The van der Waals surface area contributed by atoms with E-state index in [-0.39, 0.29) is 11.8 Å². The molecule has 0 aromatic heterocycles. The summed E-state index contributed by atoms with van der Waals surface area (Å²) in [4.78, 5) is 33.9. The second-order valence-corrected chi connectivity index (χ2v) is 9.18. The van der Waals surface area contributed by atoms with E-state index in [0.717, 1.165) is 56.8 Å². The first-order valence-electron chi connectivity index (χ1n) is 11.5. The van der Waals surface area contributed by atoms with Gasteiger partial charge in [0.05, 0.1) is 6.54 Å². The van der Waals surface area contributed by atoms with Gasteiger partial charge < -0.3 is 14.7 Å². The van der Waals surface area contributed by atoms with Gasteiger partial charge in [-0.15, -0.1) is 0 Å². The number of likely N-dealkylation sites (tertiary alicyclic amines) is 1. The number of anilines is 1. The van der Waals surface area contributed by atoms with Crippen LogP contribution >= 0.6 is 0 Å². The van der Waals surface area contributed by atoms with Gasteiger partial charge in [0.2, 0.25) is 5.91 Å². The molecule has 30 heavy (non-hydrogen) atoms. The molecule has 6 heteroatoms. The Morgan fingerprint density at radius 1 is 0.867 bits per heavy atom. The van der Waals surface area contributed by atoms with Crippen LogP contribution in [-0.2, 0) is 4.79 Å². The molecule has 166 valence electrons. The minimum atomic E-state index is 0.0894. The molecule has 6 nitrogen and oxygen atoms in total. The van der Waals surface area contributed by atoms with Gasteiger partial charge in [0.1, 0.15) is 0 Å². The molecular weight excluding hydrogens is 376 g/mol. The van der Waals surface area contributed by atoms with Gasteiger partial charge in [0.25, 0.3) is 5.91 Å². The van der Waals surface area contributed by atoms with Crippen LogP contribution in [0.3, 0.4) is 0 Å². The standard InChI is InChI=1S/C24H38N4O2/c1-20(2)18-25(3)22-10-8-21(9-11-22)24(30)28-16-14-26(15-17-28)19-23(29)27-12-6-4-5-7-13-27/h8-11,20H,4-7,12-19H2,1-3H3. The van der Waals surface area contributed by atoms with Crippen molar-refractivity contribution < 1.29 is 9.59 Å². The topological polar surface area (TPSA) is 47.1 Å². The van der Waals surface area contributed by atoms with Crippen molar-refractivity contribution in [3.63, 3.8) is 0 Å². The third kappa shape index (κ3) is 6.21. The Balaban J connectivity index is 1.47. The molecule has 0 bridgehead atoms. The maximum Gasteiger partial charge on any atom is 0.253 e. The first-order valence-corrected chi connectivity index (χ1v) is 11.5. The van der Waals surface area contributed by atoms with Crippen LogP contribution < -0.4 is 4.90 Å². The van der Waals surface area contributed by atoms with Crippen molar-refractivity contribution in [1.82, 2.24) is 14.7 Å². The molecule has 0 atom stereocenters. The monoisotopic (exact) mass is 414 g/mol. The Morgan fingerprint density at radius 3 is 2.03 bits per heavy atom. The van der Waals surface area contributed by atoms with Crippen LogP contribution in [0.1, 0.15) is 49.9 Å². The average Bonchev–Trinajstić information content (AvgIpc) is 3.03. The van der Waals surface area contributed by atoms with Crippen molar-refractivity contribution in [1.29, 1.82) is 0 Å². The fourth-order valence-corrected chi connectivity index (χ4v) is 4.41. The van der Waals surface area contributed by atoms with Crippen molar-refractivity contribution in [3.8, 4) is 0 Å². The number of hydrogen-bond acceptors (Lipinski definition) is 4. The van der Waals surface area contributed by atoms with Crippen molar-refractivity contribution in [2.24, 2.45) is 5.92 Å². The summed E-state index contributed by atoms with van der Waals surface area (Å²) in [6, 6.07) is 7.94. The van der Waals surface area contributed by atoms with Crippen LogP contribution in [0, 0.1) is 5.92 Å². The zero-order valence-corrected chi connectivity index (χ0v) is 19.0. The van der Waals surface area contributed by atoms with E-state index in [1.165, 1.54) is 12.8 Å². The van der Waals surface area contributed by atoms with Crippen LogP contribution in [0.25, 0.3) is 0 Å². The summed E-state index contributed by atoms with van der Waals surface area (Å²) in [5, 5.41) is 0. The van der Waals surface area contributed by atoms with Crippen LogP contribution in [-0.4, -0.2) is 85.9 Å². The first-order chi connectivity index (χ1) is 14.4. The SMILES string of the molecule is CC(C)CN(C)c1ccc(C(=O)N2CCN(CC(=O)N3CCCCCC3)CC2)cc1. The van der Waals surface area contributed by atoms with Crippen molar-refractivity contribution in [3.05, 3.63) is 29.8 Å². The van der Waals surface area contributed by atoms with Gasteiger partial charge in [-0.05, 0) is 43.0 Å². The van der Waals surface area contributed by atoms with Gasteiger partial charge in [0, 0.05) is 64.1 Å². The van der Waals surface area contributed by atoms with E-state index in [1.807, 2.05) is 34.1 Å². The van der Waals surface area contributed by atoms with E-state index >= 15 is 0 Å². The number of carbonyl (C=O) groups is 2. The molecule has 2 amide bonds. The molecule has 0 N–H and O–H groups in total. The Labute approximate surface area is 181 Å². The maximum absolute atomic E-state index is 12.9. The van der Waals surface area contributed by atoms with Gasteiger partial charge in [0.15, 0.2) is 0 Å². The molecule has 0 unspecified atom stereocenters. The summed E-state index contributed by atoms with van der Waals surface area (Å²) in [5.74, 6) is 0.934. The fourth-order valence-electron chi connectivity index (χ4n) is 4.41. The molecule has 2 fully saturated rings. The molecule has 0 saturated carbocycles. The van der Waals surface area contributed by atoms with Crippen LogP contribution in [0.5, 0.6) is 0 Å². The third-order valence-electron chi connectivity index (χ3n) is 6.17. The predicted molar refractivity (Wildman–Crippen MR) is 122 cm³/mol. The smallest absolute Gasteiger partial charge is 0.253 e. The fraction of sp³-hybridized carbons (Fsp3) is 0.667. The summed E-state index contributed by atoms with van der Waals surface area (Å²) in [7, 11) is 2.09. The van der Waals surface area contributed by atoms with Crippen LogP contribution in [0.4, 0.5) is 5.69 Å². The van der Waals surface area contributed by atoms with E-state index in [9.17, 15) is 9.59 Å². The molecule has 2 aliphatic rings. The largest absolute Gasteiger partial charge is 0.374 e. The quantitative estimate of drug-likeness (QED) is 0.718. The second kappa shape index (κ2) is 10.8. The van der Waals surface area contributed by atoms with Gasteiger partial charge in [-0.1, -0.05) is 26.7 Å². The average molecular weight is 415 g/mol. The Kier molecular flexibility index (Phi) is 8.14. The Bertz CT molecular complexity index is 688. The molecule has 0 spiro atoms. The van der Waals surface area contributed by atoms with E-state index in [4.69, 9.17) is 0 Å². The lowest BCUT2D eigenvalue weighted by atomic mass is 10.1. The Morgan fingerprint density at radius 2 is 1.47 bits per heavy atom. The number of hydrogen-bond donors (Lipinski definition) is 0. The lowest BCUT2D eigenvalue weighted by Gasteiger charge is -2.35. The summed E-state index contributed by atoms with van der Waals surface area (Å²) in [5.41, 5.74) is 1.88. The number of amides is 2. The molecule has 0 aliphatic carbocycles.